The molecule has 2 aromatic heterocycles. The second kappa shape index (κ2) is 3.75. The van der Waals surface area contributed by atoms with Crippen molar-refractivity contribution in [2.75, 3.05) is 5.32 Å². The van der Waals surface area contributed by atoms with Crippen molar-refractivity contribution in [1.82, 2.24) is 14.6 Å². The number of halogens is 1. The van der Waals surface area contributed by atoms with Crippen molar-refractivity contribution in [3.05, 3.63) is 22.5 Å². The molecule has 1 N–H and O–H groups in total. The molecule has 5 nitrogen and oxygen atoms in total. The van der Waals surface area contributed by atoms with Gasteiger partial charge in [0.1, 0.15) is 11.0 Å². The zero-order chi connectivity index (χ0) is 11.9. The normalized spacial score (nSPS) is 10.8. The lowest BCUT2D eigenvalue weighted by atomic mass is 10.3. The number of anilines is 1. The zero-order valence-electron chi connectivity index (χ0n) is 9.21. The summed E-state index contributed by atoms with van der Waals surface area (Å²) in [5.74, 6) is 0.303. The van der Waals surface area contributed by atoms with Crippen LogP contribution in [0.5, 0.6) is 0 Å². The molecule has 0 aromatic carbocycles. The number of hydrogen-bond acceptors (Lipinski definition) is 3. The van der Waals surface area contributed by atoms with Gasteiger partial charge in [0.25, 0.3) is 0 Å². The highest BCUT2D eigenvalue weighted by Crippen LogP contribution is 2.23. The first-order valence-electron chi connectivity index (χ1n) is 4.79. The summed E-state index contributed by atoms with van der Waals surface area (Å²) in [6.07, 6.45) is 0. The molecule has 0 aliphatic carbocycles. The first-order valence-corrected chi connectivity index (χ1v) is 5.17. The summed E-state index contributed by atoms with van der Waals surface area (Å²) in [6.45, 7) is 5.08. The Bertz CT molecular complexity index is 576. The lowest BCUT2D eigenvalue weighted by molar-refractivity contribution is -0.114. The third-order valence-electron chi connectivity index (χ3n) is 2.18. The van der Waals surface area contributed by atoms with Crippen molar-refractivity contribution in [3.8, 4) is 0 Å². The maximum Gasteiger partial charge on any atom is 0.222 e. The molecule has 0 fully saturated rings. The third kappa shape index (κ3) is 1.74. The van der Waals surface area contributed by atoms with Crippen molar-refractivity contribution < 1.29 is 4.79 Å². The van der Waals surface area contributed by atoms with E-state index < -0.39 is 0 Å². The minimum absolute atomic E-state index is 0.174. The number of carbonyl (C=O) groups is 1. The van der Waals surface area contributed by atoms with E-state index in [9.17, 15) is 4.79 Å². The number of carbonyl (C=O) groups excluding carboxylic acids is 1. The van der Waals surface area contributed by atoms with Crippen LogP contribution in [0.2, 0.25) is 5.15 Å². The monoisotopic (exact) mass is 238 g/mol. The van der Waals surface area contributed by atoms with Gasteiger partial charge in [-0.2, -0.15) is 5.10 Å². The molecule has 0 spiro atoms. The van der Waals surface area contributed by atoms with Gasteiger partial charge in [-0.25, -0.2) is 9.50 Å². The van der Waals surface area contributed by atoms with E-state index in [1.54, 1.807) is 17.5 Å². The maximum atomic E-state index is 11.0. The summed E-state index contributed by atoms with van der Waals surface area (Å²) in [5, 5.41) is 7.30. The number of hydrogen-bond donors (Lipinski definition) is 1. The lowest BCUT2D eigenvalue weighted by Crippen LogP contribution is -2.10. The van der Waals surface area contributed by atoms with Crippen molar-refractivity contribution in [2.45, 2.75) is 20.8 Å². The van der Waals surface area contributed by atoms with Gasteiger partial charge in [-0.15, -0.1) is 0 Å². The van der Waals surface area contributed by atoms with E-state index in [0.717, 1.165) is 5.69 Å². The molecular formula is C10H11ClN4O. The average molecular weight is 239 g/mol. The van der Waals surface area contributed by atoms with Gasteiger partial charge in [0, 0.05) is 18.6 Å². The molecule has 0 unspecified atom stereocenters. The fourth-order valence-electron chi connectivity index (χ4n) is 1.45. The van der Waals surface area contributed by atoms with Crippen LogP contribution in [-0.4, -0.2) is 20.5 Å². The molecule has 0 radical (unpaired) electrons. The number of aryl methyl sites for hydroxylation is 1. The van der Waals surface area contributed by atoms with Crippen LogP contribution in [0.1, 0.15) is 18.2 Å². The van der Waals surface area contributed by atoms with Gasteiger partial charge >= 0.3 is 0 Å². The van der Waals surface area contributed by atoms with Gasteiger partial charge in [-0.3, -0.25) is 4.79 Å². The van der Waals surface area contributed by atoms with Gasteiger partial charge in [0.05, 0.1) is 5.69 Å². The highest BCUT2D eigenvalue weighted by molar-refractivity contribution is 6.30. The zero-order valence-corrected chi connectivity index (χ0v) is 9.96. The fraction of sp³-hybridized carbons (Fsp3) is 0.300. The van der Waals surface area contributed by atoms with Gasteiger partial charge in [-0.05, 0) is 13.8 Å². The van der Waals surface area contributed by atoms with Crippen molar-refractivity contribution in [1.29, 1.82) is 0 Å². The van der Waals surface area contributed by atoms with Crippen LogP contribution in [0.15, 0.2) is 6.07 Å². The molecule has 0 atom stereocenters. The van der Waals surface area contributed by atoms with Crippen molar-refractivity contribution in [2.24, 2.45) is 0 Å². The molecule has 2 aromatic rings. The third-order valence-corrected chi connectivity index (χ3v) is 2.63. The Labute approximate surface area is 97.4 Å². The van der Waals surface area contributed by atoms with Crippen LogP contribution < -0.4 is 5.32 Å². The summed E-state index contributed by atoms with van der Waals surface area (Å²) in [7, 11) is 0. The quantitative estimate of drug-likeness (QED) is 0.773. The number of aromatic nitrogens is 3. The molecule has 0 bridgehead atoms. The topological polar surface area (TPSA) is 59.3 Å². The molecular weight excluding hydrogens is 228 g/mol. The summed E-state index contributed by atoms with van der Waals surface area (Å²) < 4.78 is 1.55. The Morgan fingerprint density at radius 3 is 2.81 bits per heavy atom. The number of fused-ring (bicyclic) bond motifs is 1. The largest absolute Gasteiger partial charge is 0.311 e. The molecule has 1 amide bonds. The summed E-state index contributed by atoms with van der Waals surface area (Å²) >= 11 is 6.14. The second-order valence-electron chi connectivity index (χ2n) is 3.61. The summed E-state index contributed by atoms with van der Waals surface area (Å²) in [4.78, 5) is 15.3. The molecule has 0 aliphatic rings. The standard InChI is InChI=1S/C10H11ClN4O/c1-5-4-8-13-10(12-7(3)16)6(2)9(11)15(8)14-5/h4H,1-3H3,(H,12,13,16). The molecule has 16 heavy (non-hydrogen) atoms. The summed E-state index contributed by atoms with van der Waals surface area (Å²) in [6, 6.07) is 1.80. The van der Waals surface area contributed by atoms with Crippen LogP contribution in [0, 0.1) is 13.8 Å². The Morgan fingerprint density at radius 2 is 2.19 bits per heavy atom. The predicted octanol–water partition coefficient (Wildman–Crippen LogP) is 1.96. The van der Waals surface area contributed by atoms with E-state index in [2.05, 4.69) is 15.4 Å². The number of nitrogens with zero attached hydrogens (tertiary/aromatic N) is 3. The molecule has 2 heterocycles. The van der Waals surface area contributed by atoms with E-state index in [1.165, 1.54) is 6.92 Å². The molecule has 0 aliphatic heterocycles. The van der Waals surface area contributed by atoms with Gasteiger partial charge in [0.2, 0.25) is 5.91 Å². The minimum Gasteiger partial charge on any atom is -0.311 e. The smallest absolute Gasteiger partial charge is 0.222 e. The molecule has 2 rings (SSSR count). The van der Waals surface area contributed by atoms with Crippen LogP contribution in [-0.2, 0) is 4.79 Å². The fourth-order valence-corrected chi connectivity index (χ4v) is 1.67. The van der Waals surface area contributed by atoms with Crippen LogP contribution in [0.3, 0.4) is 0 Å². The lowest BCUT2D eigenvalue weighted by Gasteiger charge is -2.08. The predicted molar refractivity (Wildman–Crippen MR) is 61.8 cm³/mol. The highest BCUT2D eigenvalue weighted by atomic mass is 35.5. The van der Waals surface area contributed by atoms with Crippen LogP contribution in [0.25, 0.3) is 5.65 Å². The molecule has 0 saturated heterocycles. The molecule has 84 valence electrons. The SMILES string of the molecule is CC(=O)Nc1nc2cc(C)nn2c(Cl)c1C. The number of rotatable bonds is 1. The van der Waals surface area contributed by atoms with E-state index in [0.29, 0.717) is 22.2 Å². The van der Waals surface area contributed by atoms with Gasteiger partial charge < -0.3 is 5.32 Å². The molecule has 6 heteroatoms. The number of amides is 1. The van der Waals surface area contributed by atoms with Crippen molar-refractivity contribution in [3.63, 3.8) is 0 Å². The van der Waals surface area contributed by atoms with E-state index >= 15 is 0 Å². The van der Waals surface area contributed by atoms with E-state index in [4.69, 9.17) is 11.6 Å². The van der Waals surface area contributed by atoms with E-state index in [1.807, 2.05) is 6.92 Å². The molecule has 0 saturated carbocycles. The second-order valence-corrected chi connectivity index (χ2v) is 3.97. The first-order chi connectivity index (χ1) is 7.49. The average Bonchev–Trinajstić information content (AvgIpc) is 2.54. The Morgan fingerprint density at radius 1 is 1.50 bits per heavy atom. The van der Waals surface area contributed by atoms with Crippen LogP contribution >= 0.6 is 11.6 Å². The van der Waals surface area contributed by atoms with Crippen LogP contribution in [0.4, 0.5) is 5.82 Å². The van der Waals surface area contributed by atoms with Gasteiger partial charge in [0.15, 0.2) is 5.65 Å². The number of nitrogens with one attached hydrogen (secondary N) is 1. The highest BCUT2D eigenvalue weighted by Gasteiger charge is 2.12. The Balaban J connectivity index is 2.67. The minimum atomic E-state index is -0.174. The Kier molecular flexibility index (Phi) is 2.55. The maximum absolute atomic E-state index is 11.0. The summed E-state index contributed by atoms with van der Waals surface area (Å²) in [5.41, 5.74) is 2.15. The Hall–Kier alpha value is -1.62. The van der Waals surface area contributed by atoms with Gasteiger partial charge in [-0.1, -0.05) is 11.6 Å². The van der Waals surface area contributed by atoms with E-state index in [-0.39, 0.29) is 5.91 Å². The first kappa shape index (κ1) is 10.9. The van der Waals surface area contributed by atoms with Crippen molar-refractivity contribution >= 4 is 29.0 Å².